The van der Waals surface area contributed by atoms with Crippen LogP contribution in [0.1, 0.15) is 18.5 Å². The van der Waals surface area contributed by atoms with Gasteiger partial charge in [-0.05, 0) is 34.5 Å². The van der Waals surface area contributed by atoms with E-state index >= 15 is 0 Å². The van der Waals surface area contributed by atoms with Gasteiger partial charge in [-0.2, -0.15) is 5.10 Å². The molecule has 1 aliphatic heterocycles. The van der Waals surface area contributed by atoms with Crippen LogP contribution in [0.4, 0.5) is 0 Å². The molecule has 128 valence electrons. The Bertz CT molecular complexity index is 712. The predicted octanol–water partition coefficient (Wildman–Crippen LogP) is 3.20. The van der Waals surface area contributed by atoms with Crippen LogP contribution in [0.3, 0.4) is 0 Å². The van der Waals surface area contributed by atoms with Crippen LogP contribution in [0, 0.1) is 0 Å². The molecule has 1 aromatic heterocycles. The van der Waals surface area contributed by atoms with Gasteiger partial charge in [0.25, 0.3) is 0 Å². The molecule has 24 heavy (non-hydrogen) atoms. The lowest BCUT2D eigenvalue weighted by atomic mass is 10.2. The predicted molar refractivity (Wildman–Crippen MR) is 97.9 cm³/mol. The zero-order valence-electron chi connectivity index (χ0n) is 13.5. The molecule has 3 rings (SSSR count). The van der Waals surface area contributed by atoms with Crippen molar-refractivity contribution >= 4 is 33.4 Å². The topological polar surface area (TPSA) is 41.4 Å². The highest BCUT2D eigenvalue weighted by atomic mass is 79.9. The van der Waals surface area contributed by atoms with Crippen LogP contribution in [0.2, 0.25) is 5.02 Å². The molecule has 1 fully saturated rings. The number of amides is 1. The maximum Gasteiger partial charge on any atom is 0.247 e. The smallest absolute Gasteiger partial charge is 0.247 e. The quantitative estimate of drug-likeness (QED) is 0.776. The summed E-state index contributed by atoms with van der Waals surface area (Å²) in [6.07, 6.45) is 3.53. The number of aromatic nitrogens is 2. The molecule has 1 atom stereocenters. The molecule has 0 spiro atoms. The Kier molecular flexibility index (Phi) is 5.58. The third-order valence-electron chi connectivity index (χ3n) is 4.36. The second kappa shape index (κ2) is 7.68. The Balaban J connectivity index is 1.55. The molecule has 0 bridgehead atoms. The molecular weight excluding hydrogens is 392 g/mol. The number of carbonyl (C=O) groups is 1. The summed E-state index contributed by atoms with van der Waals surface area (Å²) in [6.45, 7) is 5.88. The highest BCUT2D eigenvalue weighted by Crippen LogP contribution is 2.19. The van der Waals surface area contributed by atoms with Crippen molar-refractivity contribution in [3.8, 4) is 0 Å². The van der Waals surface area contributed by atoms with Crippen molar-refractivity contribution < 1.29 is 4.79 Å². The highest BCUT2D eigenvalue weighted by Gasteiger charge is 2.26. The first-order valence-corrected chi connectivity index (χ1v) is 9.16. The van der Waals surface area contributed by atoms with Crippen molar-refractivity contribution in [3.63, 3.8) is 0 Å². The Morgan fingerprint density at radius 1 is 1.29 bits per heavy atom. The van der Waals surface area contributed by atoms with Crippen LogP contribution >= 0.6 is 27.5 Å². The van der Waals surface area contributed by atoms with Crippen molar-refractivity contribution in [2.75, 3.05) is 26.2 Å². The number of nitrogens with zero attached hydrogens (tertiary/aromatic N) is 4. The third kappa shape index (κ3) is 3.99. The van der Waals surface area contributed by atoms with E-state index in [2.05, 4.69) is 32.0 Å². The first kappa shape index (κ1) is 17.5. The van der Waals surface area contributed by atoms with Crippen molar-refractivity contribution in [3.05, 3.63) is 51.7 Å². The zero-order valence-corrected chi connectivity index (χ0v) is 15.9. The molecule has 5 nitrogen and oxygen atoms in total. The number of halogens is 2. The van der Waals surface area contributed by atoms with Gasteiger partial charge in [0.15, 0.2) is 0 Å². The summed E-state index contributed by atoms with van der Waals surface area (Å²) in [7, 11) is 0. The first-order chi connectivity index (χ1) is 11.5. The fourth-order valence-corrected chi connectivity index (χ4v) is 3.39. The van der Waals surface area contributed by atoms with E-state index in [1.807, 2.05) is 36.2 Å². The van der Waals surface area contributed by atoms with Crippen LogP contribution < -0.4 is 0 Å². The standard InChI is InChI=1S/C17H20BrClN4O/c1-13(23-12-15(18)10-20-23)17(24)22-8-6-21(7-9-22)11-14-4-2-3-5-16(14)19/h2-5,10,12-13H,6-9,11H2,1H3. The van der Waals surface area contributed by atoms with Crippen molar-refractivity contribution in [1.29, 1.82) is 0 Å². The minimum absolute atomic E-state index is 0.114. The maximum atomic E-state index is 12.6. The van der Waals surface area contributed by atoms with E-state index in [1.54, 1.807) is 10.9 Å². The summed E-state index contributed by atoms with van der Waals surface area (Å²) >= 11 is 9.59. The van der Waals surface area contributed by atoms with Crippen LogP contribution in [0.5, 0.6) is 0 Å². The second-order valence-corrected chi connectivity index (χ2v) is 7.33. The van der Waals surface area contributed by atoms with Gasteiger partial charge in [0, 0.05) is 43.9 Å². The normalized spacial score (nSPS) is 17.0. The van der Waals surface area contributed by atoms with E-state index in [4.69, 9.17) is 11.6 Å². The monoisotopic (exact) mass is 410 g/mol. The molecule has 2 heterocycles. The van der Waals surface area contributed by atoms with Gasteiger partial charge in [0.1, 0.15) is 6.04 Å². The fourth-order valence-electron chi connectivity index (χ4n) is 2.90. The SMILES string of the molecule is CC(C(=O)N1CCN(Cc2ccccc2Cl)CC1)n1cc(Br)cn1. The Morgan fingerprint density at radius 3 is 2.62 bits per heavy atom. The van der Waals surface area contributed by atoms with Gasteiger partial charge in [0.05, 0.1) is 10.7 Å². The van der Waals surface area contributed by atoms with Gasteiger partial charge in [0.2, 0.25) is 5.91 Å². The van der Waals surface area contributed by atoms with E-state index < -0.39 is 0 Å². The maximum absolute atomic E-state index is 12.6. The summed E-state index contributed by atoms with van der Waals surface area (Å²) < 4.78 is 2.58. The average Bonchev–Trinajstić information content (AvgIpc) is 3.03. The molecule has 1 saturated heterocycles. The molecule has 1 unspecified atom stereocenters. The summed E-state index contributed by atoms with van der Waals surface area (Å²) in [6, 6.07) is 7.63. The molecule has 7 heteroatoms. The first-order valence-electron chi connectivity index (χ1n) is 7.99. The number of piperazine rings is 1. The Hall–Kier alpha value is -1.37. The molecular formula is C17H20BrClN4O. The molecule has 0 saturated carbocycles. The molecule has 1 aliphatic rings. The minimum atomic E-state index is -0.286. The number of benzene rings is 1. The van der Waals surface area contributed by atoms with Crippen LogP contribution in [-0.2, 0) is 11.3 Å². The third-order valence-corrected chi connectivity index (χ3v) is 5.14. The molecule has 1 amide bonds. The van der Waals surface area contributed by atoms with E-state index in [0.29, 0.717) is 0 Å². The molecule has 0 radical (unpaired) electrons. The van der Waals surface area contributed by atoms with E-state index in [1.165, 1.54) is 0 Å². The van der Waals surface area contributed by atoms with Crippen molar-refractivity contribution in [2.24, 2.45) is 0 Å². The van der Waals surface area contributed by atoms with Gasteiger partial charge in [-0.15, -0.1) is 0 Å². The summed E-state index contributed by atoms with van der Waals surface area (Å²) in [5, 5.41) is 5.01. The molecule has 1 aromatic carbocycles. The van der Waals surface area contributed by atoms with E-state index in [0.717, 1.165) is 47.8 Å². The largest absolute Gasteiger partial charge is 0.338 e. The lowest BCUT2D eigenvalue weighted by Gasteiger charge is -2.36. The minimum Gasteiger partial charge on any atom is -0.338 e. The van der Waals surface area contributed by atoms with Crippen LogP contribution in [0.25, 0.3) is 0 Å². The van der Waals surface area contributed by atoms with Gasteiger partial charge in [-0.1, -0.05) is 29.8 Å². The average molecular weight is 412 g/mol. The summed E-state index contributed by atoms with van der Waals surface area (Å²) in [4.78, 5) is 16.9. The van der Waals surface area contributed by atoms with Gasteiger partial charge in [-0.3, -0.25) is 14.4 Å². The number of rotatable bonds is 4. The van der Waals surface area contributed by atoms with E-state index in [9.17, 15) is 4.79 Å². The molecule has 2 aromatic rings. The highest BCUT2D eigenvalue weighted by molar-refractivity contribution is 9.10. The van der Waals surface area contributed by atoms with Crippen molar-refractivity contribution in [2.45, 2.75) is 19.5 Å². The Labute approximate surface area is 155 Å². The number of carbonyl (C=O) groups excluding carboxylic acids is 1. The molecule has 0 aliphatic carbocycles. The van der Waals surface area contributed by atoms with E-state index in [-0.39, 0.29) is 11.9 Å². The summed E-state index contributed by atoms with van der Waals surface area (Å²) in [5.74, 6) is 0.114. The van der Waals surface area contributed by atoms with Crippen LogP contribution in [0.15, 0.2) is 41.1 Å². The van der Waals surface area contributed by atoms with Gasteiger partial charge in [-0.25, -0.2) is 0 Å². The number of hydrogen-bond acceptors (Lipinski definition) is 3. The zero-order chi connectivity index (χ0) is 17.1. The molecule has 0 N–H and O–H groups in total. The van der Waals surface area contributed by atoms with Crippen molar-refractivity contribution in [1.82, 2.24) is 19.6 Å². The van der Waals surface area contributed by atoms with Crippen LogP contribution in [-0.4, -0.2) is 51.7 Å². The van der Waals surface area contributed by atoms with Gasteiger partial charge >= 0.3 is 0 Å². The lowest BCUT2D eigenvalue weighted by molar-refractivity contribution is -0.136. The fraction of sp³-hybridized carbons (Fsp3) is 0.412. The number of hydrogen-bond donors (Lipinski definition) is 0. The lowest BCUT2D eigenvalue weighted by Crippen LogP contribution is -2.50. The summed E-state index contributed by atoms with van der Waals surface area (Å²) in [5.41, 5.74) is 1.13. The second-order valence-electron chi connectivity index (χ2n) is 6.01. The Morgan fingerprint density at radius 2 is 2.00 bits per heavy atom. The van der Waals surface area contributed by atoms with Gasteiger partial charge < -0.3 is 4.90 Å².